The molecule has 1 amide bonds. The van der Waals surface area contributed by atoms with Gasteiger partial charge >= 0.3 is 0 Å². The minimum absolute atomic E-state index is 0.0919. The van der Waals surface area contributed by atoms with Gasteiger partial charge in [0.05, 0.1) is 4.90 Å². The smallest absolute Gasteiger partial charge is 0.240 e. The Morgan fingerprint density at radius 1 is 1.29 bits per heavy atom. The molecule has 0 aliphatic carbocycles. The molecule has 0 spiro atoms. The van der Waals surface area contributed by atoms with Gasteiger partial charge in [0.15, 0.2) is 0 Å². The van der Waals surface area contributed by atoms with Gasteiger partial charge in [0.25, 0.3) is 0 Å². The highest BCUT2D eigenvalue weighted by molar-refractivity contribution is 7.89. The zero-order chi connectivity index (χ0) is 15.9. The maximum absolute atomic E-state index is 11.9. The Balaban J connectivity index is 2.69. The molecule has 0 saturated heterocycles. The van der Waals surface area contributed by atoms with Crippen LogP contribution in [0.3, 0.4) is 0 Å². The van der Waals surface area contributed by atoms with E-state index < -0.39 is 10.0 Å². The summed E-state index contributed by atoms with van der Waals surface area (Å²) >= 11 is 0. The van der Waals surface area contributed by atoms with Crippen LogP contribution in [0.4, 0.5) is 5.69 Å². The molecule has 7 heteroatoms. The summed E-state index contributed by atoms with van der Waals surface area (Å²) in [4.78, 5) is 12.1. The standard InChI is InChI=1S/C14H23N3O3S/c1-3-16-21(19,20)13-8-6-12(7-9-13)17-14(18)11(2)5-4-10-15/h6-9,11,16H,3-5,10,15H2,1-2H3,(H,17,18). The lowest BCUT2D eigenvalue weighted by molar-refractivity contribution is -0.119. The van der Waals surface area contributed by atoms with Crippen molar-refractivity contribution >= 4 is 21.6 Å². The van der Waals surface area contributed by atoms with Crippen molar-refractivity contribution in [2.45, 2.75) is 31.6 Å². The topological polar surface area (TPSA) is 101 Å². The van der Waals surface area contributed by atoms with Crippen LogP contribution in [0.2, 0.25) is 0 Å². The molecular weight excluding hydrogens is 290 g/mol. The van der Waals surface area contributed by atoms with Crippen LogP contribution < -0.4 is 15.8 Å². The molecule has 21 heavy (non-hydrogen) atoms. The van der Waals surface area contributed by atoms with Crippen molar-refractivity contribution in [2.75, 3.05) is 18.4 Å². The lowest BCUT2D eigenvalue weighted by Crippen LogP contribution is -2.23. The minimum atomic E-state index is -3.46. The molecule has 0 aliphatic heterocycles. The molecule has 1 rings (SSSR count). The summed E-state index contributed by atoms with van der Waals surface area (Å²) in [5.74, 6) is -0.218. The number of hydrogen-bond acceptors (Lipinski definition) is 4. The van der Waals surface area contributed by atoms with Crippen LogP contribution in [0.1, 0.15) is 26.7 Å². The molecule has 0 aromatic heterocycles. The van der Waals surface area contributed by atoms with Gasteiger partial charge in [0.2, 0.25) is 15.9 Å². The number of anilines is 1. The highest BCUT2D eigenvalue weighted by Crippen LogP contribution is 2.15. The molecule has 1 aromatic carbocycles. The number of hydrogen-bond donors (Lipinski definition) is 3. The lowest BCUT2D eigenvalue weighted by Gasteiger charge is -2.12. The van der Waals surface area contributed by atoms with E-state index in [-0.39, 0.29) is 16.7 Å². The van der Waals surface area contributed by atoms with Crippen LogP contribution in [0.15, 0.2) is 29.2 Å². The second-order valence-electron chi connectivity index (χ2n) is 4.85. The molecule has 4 N–H and O–H groups in total. The number of amides is 1. The summed E-state index contributed by atoms with van der Waals surface area (Å²) in [6.45, 7) is 4.46. The molecular formula is C14H23N3O3S. The number of benzene rings is 1. The molecule has 0 heterocycles. The molecule has 0 saturated carbocycles. The van der Waals surface area contributed by atoms with E-state index in [1.165, 1.54) is 12.1 Å². The van der Waals surface area contributed by atoms with Gasteiger partial charge < -0.3 is 11.1 Å². The fourth-order valence-electron chi connectivity index (χ4n) is 1.81. The van der Waals surface area contributed by atoms with Crippen molar-refractivity contribution in [3.8, 4) is 0 Å². The average Bonchev–Trinajstić information content (AvgIpc) is 2.45. The minimum Gasteiger partial charge on any atom is -0.330 e. The zero-order valence-electron chi connectivity index (χ0n) is 12.4. The highest BCUT2D eigenvalue weighted by atomic mass is 32.2. The maximum atomic E-state index is 11.9. The summed E-state index contributed by atoms with van der Waals surface area (Å²) < 4.78 is 26.0. The van der Waals surface area contributed by atoms with Crippen LogP contribution in [-0.2, 0) is 14.8 Å². The van der Waals surface area contributed by atoms with Gasteiger partial charge in [-0.25, -0.2) is 13.1 Å². The van der Waals surface area contributed by atoms with Crippen LogP contribution in [0.25, 0.3) is 0 Å². The second kappa shape index (κ2) is 8.11. The monoisotopic (exact) mass is 313 g/mol. The second-order valence-corrected chi connectivity index (χ2v) is 6.61. The first kappa shape index (κ1) is 17.6. The van der Waals surface area contributed by atoms with E-state index in [2.05, 4.69) is 10.0 Å². The number of sulfonamides is 1. The van der Waals surface area contributed by atoms with E-state index >= 15 is 0 Å². The van der Waals surface area contributed by atoms with Crippen molar-refractivity contribution in [1.29, 1.82) is 0 Å². The Morgan fingerprint density at radius 3 is 2.43 bits per heavy atom. The molecule has 0 radical (unpaired) electrons. The first-order chi connectivity index (χ1) is 9.90. The summed E-state index contributed by atoms with van der Waals surface area (Å²) in [6, 6.07) is 6.10. The molecule has 0 fully saturated rings. The Kier molecular flexibility index (Phi) is 6.80. The summed E-state index contributed by atoms with van der Waals surface area (Å²) in [5.41, 5.74) is 6.00. The zero-order valence-corrected chi connectivity index (χ0v) is 13.2. The number of rotatable bonds is 8. The Labute approximate surface area is 126 Å². The summed E-state index contributed by atoms with van der Waals surface area (Å²) in [6.07, 6.45) is 1.53. The van der Waals surface area contributed by atoms with Crippen LogP contribution in [0, 0.1) is 5.92 Å². The van der Waals surface area contributed by atoms with Gasteiger partial charge in [-0.3, -0.25) is 4.79 Å². The van der Waals surface area contributed by atoms with Gasteiger partial charge in [-0.05, 0) is 43.7 Å². The molecule has 1 aromatic rings. The first-order valence-electron chi connectivity index (χ1n) is 7.01. The van der Waals surface area contributed by atoms with Crippen molar-refractivity contribution in [1.82, 2.24) is 4.72 Å². The van der Waals surface area contributed by atoms with Gasteiger partial charge in [-0.2, -0.15) is 0 Å². The molecule has 0 bridgehead atoms. The molecule has 0 aliphatic rings. The molecule has 1 atom stereocenters. The number of nitrogens with two attached hydrogens (primary N) is 1. The maximum Gasteiger partial charge on any atom is 0.240 e. The lowest BCUT2D eigenvalue weighted by atomic mass is 10.0. The fourth-order valence-corrected chi connectivity index (χ4v) is 2.85. The number of carbonyl (C=O) groups is 1. The highest BCUT2D eigenvalue weighted by Gasteiger charge is 2.14. The van der Waals surface area contributed by atoms with Crippen molar-refractivity contribution in [3.63, 3.8) is 0 Å². The SMILES string of the molecule is CCNS(=O)(=O)c1ccc(NC(=O)C(C)CCCN)cc1. The van der Waals surface area contributed by atoms with Gasteiger partial charge in [-0.1, -0.05) is 13.8 Å². The Hall–Kier alpha value is -1.44. The predicted octanol–water partition coefficient (Wildman–Crippen LogP) is 1.30. The van der Waals surface area contributed by atoms with Crippen molar-refractivity contribution in [3.05, 3.63) is 24.3 Å². The van der Waals surface area contributed by atoms with Gasteiger partial charge in [0.1, 0.15) is 0 Å². The predicted molar refractivity (Wildman–Crippen MR) is 83.4 cm³/mol. The molecule has 6 nitrogen and oxygen atoms in total. The number of nitrogens with one attached hydrogen (secondary N) is 2. The fraction of sp³-hybridized carbons (Fsp3) is 0.500. The van der Waals surface area contributed by atoms with E-state index in [0.29, 0.717) is 18.8 Å². The number of carbonyl (C=O) groups excluding carboxylic acids is 1. The van der Waals surface area contributed by atoms with Gasteiger partial charge in [-0.15, -0.1) is 0 Å². The van der Waals surface area contributed by atoms with Crippen molar-refractivity contribution in [2.24, 2.45) is 11.7 Å². The van der Waals surface area contributed by atoms with Crippen LogP contribution in [-0.4, -0.2) is 27.4 Å². The third-order valence-electron chi connectivity index (χ3n) is 3.06. The first-order valence-corrected chi connectivity index (χ1v) is 8.49. The van der Waals surface area contributed by atoms with Crippen LogP contribution in [0.5, 0.6) is 0 Å². The van der Waals surface area contributed by atoms with E-state index in [9.17, 15) is 13.2 Å². The quantitative estimate of drug-likeness (QED) is 0.673. The van der Waals surface area contributed by atoms with E-state index in [1.54, 1.807) is 19.1 Å². The Morgan fingerprint density at radius 2 is 1.90 bits per heavy atom. The van der Waals surface area contributed by atoms with Crippen molar-refractivity contribution < 1.29 is 13.2 Å². The Bertz CT molecular complexity index is 555. The largest absolute Gasteiger partial charge is 0.330 e. The molecule has 118 valence electrons. The summed E-state index contributed by atoms with van der Waals surface area (Å²) in [5, 5.41) is 2.77. The van der Waals surface area contributed by atoms with E-state index in [4.69, 9.17) is 5.73 Å². The average molecular weight is 313 g/mol. The third-order valence-corrected chi connectivity index (χ3v) is 4.62. The van der Waals surface area contributed by atoms with Crippen LogP contribution >= 0.6 is 0 Å². The molecule has 1 unspecified atom stereocenters. The van der Waals surface area contributed by atoms with E-state index in [1.807, 2.05) is 6.92 Å². The third kappa shape index (κ3) is 5.45. The van der Waals surface area contributed by atoms with E-state index in [0.717, 1.165) is 12.8 Å². The summed E-state index contributed by atoms with van der Waals surface area (Å²) in [7, 11) is -3.46. The van der Waals surface area contributed by atoms with Gasteiger partial charge in [0, 0.05) is 18.2 Å². The normalized spacial score (nSPS) is 12.9.